The van der Waals surface area contributed by atoms with Gasteiger partial charge in [-0.05, 0) is 49.7 Å². The molecule has 0 bridgehead atoms. The van der Waals surface area contributed by atoms with Crippen LogP contribution in [0.25, 0.3) is 0 Å². The summed E-state index contributed by atoms with van der Waals surface area (Å²) in [5, 5.41) is 0. The predicted octanol–water partition coefficient (Wildman–Crippen LogP) is 2.71. The van der Waals surface area contributed by atoms with E-state index in [2.05, 4.69) is 0 Å². The molecule has 2 rings (SSSR count). The van der Waals surface area contributed by atoms with Crippen molar-refractivity contribution in [2.24, 2.45) is 0 Å². The van der Waals surface area contributed by atoms with Crippen molar-refractivity contribution < 1.29 is 9.21 Å². The number of hydrogen-bond donors (Lipinski definition) is 1. The molecule has 0 amide bonds. The summed E-state index contributed by atoms with van der Waals surface area (Å²) in [5.41, 5.74) is 7.88. The van der Waals surface area contributed by atoms with Gasteiger partial charge in [0.1, 0.15) is 5.76 Å². The van der Waals surface area contributed by atoms with E-state index in [-0.39, 0.29) is 5.78 Å². The van der Waals surface area contributed by atoms with E-state index < -0.39 is 0 Å². The first-order valence-electron chi connectivity index (χ1n) is 5.05. The highest BCUT2D eigenvalue weighted by atomic mass is 16.3. The van der Waals surface area contributed by atoms with Crippen molar-refractivity contribution in [3.63, 3.8) is 0 Å². The molecule has 0 fully saturated rings. The molecule has 0 spiro atoms. The maximum atomic E-state index is 12.0. The molecule has 0 unspecified atom stereocenters. The smallest absolute Gasteiger partial charge is 0.228 e. The summed E-state index contributed by atoms with van der Waals surface area (Å²) in [4.78, 5) is 12.0. The summed E-state index contributed by atoms with van der Waals surface area (Å²) in [6, 6.07) is 8.68. The van der Waals surface area contributed by atoms with Crippen molar-refractivity contribution in [1.82, 2.24) is 0 Å². The minimum absolute atomic E-state index is 0.115. The van der Waals surface area contributed by atoms with Crippen molar-refractivity contribution in [1.29, 1.82) is 0 Å². The van der Waals surface area contributed by atoms with Crippen LogP contribution in [0.4, 0.5) is 5.69 Å². The van der Waals surface area contributed by atoms with Gasteiger partial charge in [-0.2, -0.15) is 0 Å². The van der Waals surface area contributed by atoms with Crippen molar-refractivity contribution in [2.75, 3.05) is 5.73 Å². The number of carbonyl (C=O) groups excluding carboxylic acids is 1. The number of anilines is 1. The topological polar surface area (TPSA) is 56.2 Å². The summed E-state index contributed by atoms with van der Waals surface area (Å²) in [7, 11) is 0. The number of furan rings is 1. The second-order valence-electron chi connectivity index (χ2n) is 3.81. The summed E-state index contributed by atoms with van der Waals surface area (Å²) >= 11 is 0. The Balaban J connectivity index is 2.38. The van der Waals surface area contributed by atoms with Gasteiger partial charge in [-0.1, -0.05) is 0 Å². The highest BCUT2D eigenvalue weighted by Crippen LogP contribution is 2.17. The molecule has 1 aromatic carbocycles. The molecule has 2 N–H and O–H groups in total. The lowest BCUT2D eigenvalue weighted by molar-refractivity contribution is 0.101. The van der Waals surface area contributed by atoms with Crippen LogP contribution in [0.2, 0.25) is 0 Å². The zero-order valence-electron chi connectivity index (χ0n) is 9.28. The average molecular weight is 215 g/mol. The Morgan fingerprint density at radius 1 is 1.19 bits per heavy atom. The molecule has 82 valence electrons. The van der Waals surface area contributed by atoms with Crippen LogP contribution in [0.15, 0.2) is 34.7 Å². The Kier molecular flexibility index (Phi) is 2.52. The molecule has 0 aliphatic rings. The van der Waals surface area contributed by atoms with Gasteiger partial charge >= 0.3 is 0 Å². The Hall–Kier alpha value is -2.03. The molecule has 3 heteroatoms. The van der Waals surface area contributed by atoms with Crippen LogP contribution in [0.5, 0.6) is 0 Å². The quantitative estimate of drug-likeness (QED) is 0.619. The SMILES string of the molecule is Cc1ccc(C(=O)c2ccc(N)c(C)c2)o1. The molecule has 1 heterocycles. The number of aryl methyl sites for hydroxylation is 2. The van der Waals surface area contributed by atoms with Crippen LogP contribution in [-0.4, -0.2) is 5.78 Å². The first-order chi connectivity index (χ1) is 7.58. The minimum atomic E-state index is -0.115. The third-order valence-corrected chi connectivity index (χ3v) is 2.50. The second kappa shape index (κ2) is 3.85. The van der Waals surface area contributed by atoms with Crippen molar-refractivity contribution in [2.45, 2.75) is 13.8 Å². The van der Waals surface area contributed by atoms with Crippen LogP contribution in [0, 0.1) is 13.8 Å². The standard InChI is InChI=1S/C13H13NO2/c1-8-7-10(4-5-11(8)14)13(15)12-6-3-9(2)16-12/h3-7H,14H2,1-2H3. The van der Waals surface area contributed by atoms with Gasteiger partial charge in [-0.25, -0.2) is 0 Å². The molecule has 1 aromatic heterocycles. The van der Waals surface area contributed by atoms with Gasteiger partial charge in [-0.15, -0.1) is 0 Å². The minimum Gasteiger partial charge on any atom is -0.458 e. The van der Waals surface area contributed by atoms with Crippen LogP contribution >= 0.6 is 0 Å². The third kappa shape index (κ3) is 1.84. The summed E-state index contributed by atoms with van der Waals surface area (Å²) < 4.78 is 5.29. The van der Waals surface area contributed by atoms with Crippen LogP contribution in [0.1, 0.15) is 27.4 Å². The Morgan fingerprint density at radius 2 is 1.94 bits per heavy atom. The van der Waals surface area contributed by atoms with E-state index in [4.69, 9.17) is 10.2 Å². The average Bonchev–Trinajstić information content (AvgIpc) is 2.68. The first kappa shape index (κ1) is 10.5. The van der Waals surface area contributed by atoms with E-state index in [1.54, 1.807) is 30.3 Å². The van der Waals surface area contributed by atoms with E-state index in [0.29, 0.717) is 17.0 Å². The number of nitrogen functional groups attached to an aromatic ring is 1. The fraction of sp³-hybridized carbons (Fsp3) is 0.154. The van der Waals surface area contributed by atoms with E-state index >= 15 is 0 Å². The molecular formula is C13H13NO2. The van der Waals surface area contributed by atoms with Gasteiger partial charge in [0.2, 0.25) is 5.78 Å². The number of carbonyl (C=O) groups is 1. The van der Waals surface area contributed by atoms with E-state index in [1.807, 2.05) is 13.8 Å². The molecule has 16 heavy (non-hydrogen) atoms. The van der Waals surface area contributed by atoms with E-state index in [0.717, 1.165) is 11.3 Å². The van der Waals surface area contributed by atoms with Gasteiger partial charge < -0.3 is 10.2 Å². The molecule has 0 saturated heterocycles. The second-order valence-corrected chi connectivity index (χ2v) is 3.81. The van der Waals surface area contributed by atoms with Gasteiger partial charge in [0.25, 0.3) is 0 Å². The fourth-order valence-corrected chi connectivity index (χ4v) is 1.52. The van der Waals surface area contributed by atoms with Crippen molar-refractivity contribution in [3.8, 4) is 0 Å². The van der Waals surface area contributed by atoms with Crippen LogP contribution in [-0.2, 0) is 0 Å². The lowest BCUT2D eigenvalue weighted by Crippen LogP contribution is -2.01. The number of hydrogen-bond acceptors (Lipinski definition) is 3. The van der Waals surface area contributed by atoms with Crippen LogP contribution < -0.4 is 5.73 Å². The molecule has 0 aliphatic heterocycles. The molecule has 3 nitrogen and oxygen atoms in total. The summed E-state index contributed by atoms with van der Waals surface area (Å²) in [6.45, 7) is 3.69. The van der Waals surface area contributed by atoms with Crippen molar-refractivity contribution in [3.05, 3.63) is 53.0 Å². The monoisotopic (exact) mass is 215 g/mol. The Labute approximate surface area is 93.9 Å². The number of rotatable bonds is 2. The Morgan fingerprint density at radius 3 is 2.50 bits per heavy atom. The predicted molar refractivity (Wildman–Crippen MR) is 62.5 cm³/mol. The lowest BCUT2D eigenvalue weighted by Gasteiger charge is -2.02. The molecule has 0 saturated carbocycles. The fourth-order valence-electron chi connectivity index (χ4n) is 1.52. The zero-order valence-corrected chi connectivity index (χ0v) is 9.28. The normalized spacial score (nSPS) is 10.4. The Bertz CT molecular complexity index is 541. The highest BCUT2D eigenvalue weighted by Gasteiger charge is 2.13. The number of nitrogens with two attached hydrogens (primary N) is 1. The first-order valence-corrected chi connectivity index (χ1v) is 5.05. The summed E-state index contributed by atoms with van der Waals surface area (Å²) in [5.74, 6) is 0.980. The number of ketones is 1. The number of benzene rings is 1. The maximum Gasteiger partial charge on any atom is 0.228 e. The largest absolute Gasteiger partial charge is 0.458 e. The van der Waals surface area contributed by atoms with Gasteiger partial charge in [-0.3, -0.25) is 4.79 Å². The van der Waals surface area contributed by atoms with Gasteiger partial charge in [0.05, 0.1) is 0 Å². The van der Waals surface area contributed by atoms with Crippen LogP contribution in [0.3, 0.4) is 0 Å². The molecular weight excluding hydrogens is 202 g/mol. The molecule has 2 aromatic rings. The highest BCUT2D eigenvalue weighted by molar-refractivity contribution is 6.07. The van der Waals surface area contributed by atoms with Gasteiger partial charge in [0, 0.05) is 11.3 Å². The summed E-state index contributed by atoms with van der Waals surface area (Å²) in [6.07, 6.45) is 0. The van der Waals surface area contributed by atoms with E-state index in [9.17, 15) is 4.79 Å². The lowest BCUT2D eigenvalue weighted by atomic mass is 10.1. The molecule has 0 aliphatic carbocycles. The van der Waals surface area contributed by atoms with Crippen molar-refractivity contribution >= 4 is 11.5 Å². The molecule has 0 atom stereocenters. The molecule has 0 radical (unpaired) electrons. The van der Waals surface area contributed by atoms with E-state index in [1.165, 1.54) is 0 Å². The van der Waals surface area contributed by atoms with Gasteiger partial charge in [0.15, 0.2) is 5.76 Å². The third-order valence-electron chi connectivity index (χ3n) is 2.50. The maximum absolute atomic E-state index is 12.0. The zero-order chi connectivity index (χ0) is 11.7.